The fourth-order valence-corrected chi connectivity index (χ4v) is 3.04. The molecule has 1 aliphatic heterocycles. The van der Waals surface area contributed by atoms with Crippen LogP contribution >= 0.6 is 23.2 Å². The number of halogens is 2. The van der Waals surface area contributed by atoms with E-state index in [-0.39, 0.29) is 18.6 Å². The van der Waals surface area contributed by atoms with Crippen molar-refractivity contribution in [2.45, 2.75) is 18.9 Å². The van der Waals surface area contributed by atoms with Gasteiger partial charge in [-0.3, -0.25) is 4.79 Å². The van der Waals surface area contributed by atoms with E-state index in [1.165, 1.54) is 0 Å². The highest BCUT2D eigenvalue weighted by atomic mass is 35.5. The Morgan fingerprint density at radius 1 is 1.15 bits per heavy atom. The lowest BCUT2D eigenvalue weighted by Gasteiger charge is -2.15. The minimum Gasteiger partial charge on any atom is -0.489 e. The van der Waals surface area contributed by atoms with Crippen molar-refractivity contribution in [3.63, 3.8) is 0 Å². The smallest absolute Gasteiger partial charge is 0.262 e. The third-order valence-electron chi connectivity index (χ3n) is 3.86. The zero-order valence-corrected chi connectivity index (χ0v) is 15.6. The van der Waals surface area contributed by atoms with Crippen LogP contribution in [-0.4, -0.2) is 31.8 Å². The van der Waals surface area contributed by atoms with Gasteiger partial charge in [0.05, 0.1) is 16.8 Å². The van der Waals surface area contributed by atoms with E-state index in [0.29, 0.717) is 33.8 Å². The van der Waals surface area contributed by atoms with Gasteiger partial charge in [0.2, 0.25) is 0 Å². The Morgan fingerprint density at radius 3 is 2.77 bits per heavy atom. The molecule has 0 aromatic heterocycles. The number of benzene rings is 2. The van der Waals surface area contributed by atoms with E-state index >= 15 is 0 Å². The molecule has 2 aromatic rings. The maximum atomic E-state index is 12.2. The highest BCUT2D eigenvalue weighted by Crippen LogP contribution is 2.28. The van der Waals surface area contributed by atoms with Crippen molar-refractivity contribution < 1.29 is 19.0 Å². The number of ether oxygens (including phenoxy) is 3. The number of carbonyl (C=O) groups excluding carboxylic acids is 1. The quantitative estimate of drug-likeness (QED) is 0.745. The monoisotopic (exact) mass is 395 g/mol. The van der Waals surface area contributed by atoms with Gasteiger partial charge in [0.1, 0.15) is 18.1 Å². The van der Waals surface area contributed by atoms with Crippen LogP contribution < -0.4 is 14.8 Å². The second-order valence-corrected chi connectivity index (χ2v) is 6.70. The van der Waals surface area contributed by atoms with E-state index in [9.17, 15) is 4.79 Å². The number of hydrogen-bond donors (Lipinski definition) is 1. The summed E-state index contributed by atoms with van der Waals surface area (Å²) >= 11 is 11.9. The summed E-state index contributed by atoms with van der Waals surface area (Å²) in [5, 5.41) is 3.64. The Morgan fingerprint density at radius 2 is 2.00 bits per heavy atom. The molecule has 1 N–H and O–H groups in total. The van der Waals surface area contributed by atoms with Crippen LogP contribution in [0.25, 0.3) is 0 Å². The van der Waals surface area contributed by atoms with Crippen molar-refractivity contribution in [1.29, 1.82) is 0 Å². The second kappa shape index (κ2) is 9.12. The molecule has 0 aliphatic carbocycles. The molecule has 1 atom stereocenters. The Hall–Kier alpha value is -1.95. The van der Waals surface area contributed by atoms with Crippen molar-refractivity contribution in [1.82, 2.24) is 0 Å². The number of rotatable bonds is 7. The van der Waals surface area contributed by atoms with Crippen molar-refractivity contribution in [2.75, 3.05) is 25.1 Å². The maximum Gasteiger partial charge on any atom is 0.262 e. The van der Waals surface area contributed by atoms with Crippen LogP contribution in [0.1, 0.15) is 12.8 Å². The van der Waals surface area contributed by atoms with Gasteiger partial charge in [-0.05, 0) is 43.2 Å². The molecule has 1 saturated heterocycles. The van der Waals surface area contributed by atoms with Gasteiger partial charge in [-0.15, -0.1) is 0 Å². The molecule has 1 amide bonds. The first-order valence-electron chi connectivity index (χ1n) is 8.33. The average Bonchev–Trinajstić information content (AvgIpc) is 3.14. The number of nitrogens with one attached hydrogen (secondary N) is 1. The summed E-state index contributed by atoms with van der Waals surface area (Å²) in [5.41, 5.74) is 0.585. The Bertz CT molecular complexity index is 763. The molecule has 5 nitrogen and oxygen atoms in total. The molecule has 26 heavy (non-hydrogen) atoms. The first-order chi connectivity index (χ1) is 12.6. The summed E-state index contributed by atoms with van der Waals surface area (Å²) in [6, 6.07) is 12.1. The third-order valence-corrected chi connectivity index (χ3v) is 4.39. The zero-order valence-electron chi connectivity index (χ0n) is 14.0. The van der Waals surface area contributed by atoms with Gasteiger partial charge in [0.15, 0.2) is 6.61 Å². The lowest BCUT2D eigenvalue weighted by Crippen LogP contribution is -2.21. The van der Waals surface area contributed by atoms with Gasteiger partial charge in [-0.1, -0.05) is 35.3 Å². The summed E-state index contributed by atoms with van der Waals surface area (Å²) < 4.78 is 16.8. The summed E-state index contributed by atoms with van der Waals surface area (Å²) in [4.78, 5) is 12.2. The van der Waals surface area contributed by atoms with Crippen molar-refractivity contribution in [2.24, 2.45) is 0 Å². The zero-order chi connectivity index (χ0) is 18.4. The fourth-order valence-electron chi connectivity index (χ4n) is 2.58. The summed E-state index contributed by atoms with van der Waals surface area (Å²) in [6.07, 6.45) is 2.15. The SMILES string of the molecule is O=C(COc1ccc(Cl)cc1Cl)Nc1ccccc1OCC1CCCO1. The Labute approximate surface area is 162 Å². The topological polar surface area (TPSA) is 56.8 Å². The maximum absolute atomic E-state index is 12.2. The Kier molecular flexibility index (Phi) is 6.61. The van der Waals surface area contributed by atoms with Crippen LogP contribution in [0.2, 0.25) is 10.0 Å². The van der Waals surface area contributed by atoms with E-state index in [1.54, 1.807) is 24.3 Å². The summed E-state index contributed by atoms with van der Waals surface area (Å²) in [7, 11) is 0. The molecule has 1 heterocycles. The molecule has 138 valence electrons. The molecule has 1 fully saturated rings. The summed E-state index contributed by atoms with van der Waals surface area (Å²) in [5.74, 6) is 0.680. The Balaban J connectivity index is 1.55. The van der Waals surface area contributed by atoms with Gasteiger partial charge in [0.25, 0.3) is 5.91 Å². The largest absolute Gasteiger partial charge is 0.489 e. The van der Waals surface area contributed by atoms with E-state index in [0.717, 1.165) is 19.4 Å². The molecule has 2 aromatic carbocycles. The number of anilines is 1. The first-order valence-corrected chi connectivity index (χ1v) is 9.08. The molecular weight excluding hydrogens is 377 g/mol. The average molecular weight is 396 g/mol. The van der Waals surface area contributed by atoms with E-state index in [2.05, 4.69) is 5.32 Å². The van der Waals surface area contributed by atoms with Gasteiger partial charge in [0, 0.05) is 11.6 Å². The highest BCUT2D eigenvalue weighted by molar-refractivity contribution is 6.35. The van der Waals surface area contributed by atoms with E-state index < -0.39 is 0 Å². The minimum atomic E-state index is -0.316. The fraction of sp³-hybridized carbons (Fsp3) is 0.316. The van der Waals surface area contributed by atoms with Crippen molar-refractivity contribution >= 4 is 34.8 Å². The van der Waals surface area contributed by atoms with E-state index in [1.807, 2.05) is 18.2 Å². The molecular formula is C19H19Cl2NO4. The standard InChI is InChI=1S/C19H19Cl2NO4/c20-13-7-8-17(15(21)10-13)26-12-19(23)22-16-5-1-2-6-18(16)25-11-14-4-3-9-24-14/h1-2,5-8,10,14H,3-4,9,11-12H2,(H,22,23). The van der Waals surface area contributed by atoms with Gasteiger partial charge >= 0.3 is 0 Å². The van der Waals surface area contributed by atoms with Gasteiger partial charge in [-0.25, -0.2) is 0 Å². The number of para-hydroxylation sites is 2. The van der Waals surface area contributed by atoms with Crippen LogP contribution in [0.5, 0.6) is 11.5 Å². The van der Waals surface area contributed by atoms with Crippen molar-refractivity contribution in [3.05, 3.63) is 52.5 Å². The highest BCUT2D eigenvalue weighted by Gasteiger charge is 2.17. The van der Waals surface area contributed by atoms with Crippen LogP contribution in [0, 0.1) is 0 Å². The predicted molar refractivity (Wildman–Crippen MR) is 101 cm³/mol. The molecule has 3 rings (SSSR count). The molecule has 0 saturated carbocycles. The lowest BCUT2D eigenvalue weighted by atomic mass is 10.2. The normalized spacial score (nSPS) is 16.3. The molecule has 0 spiro atoms. The van der Waals surface area contributed by atoms with Gasteiger partial charge in [-0.2, -0.15) is 0 Å². The molecule has 0 bridgehead atoms. The second-order valence-electron chi connectivity index (χ2n) is 5.85. The van der Waals surface area contributed by atoms with Crippen LogP contribution in [0.4, 0.5) is 5.69 Å². The van der Waals surface area contributed by atoms with Crippen molar-refractivity contribution in [3.8, 4) is 11.5 Å². The number of amides is 1. The minimum absolute atomic E-state index is 0.106. The molecule has 0 radical (unpaired) electrons. The number of carbonyl (C=O) groups is 1. The van der Waals surface area contributed by atoms with Crippen LogP contribution in [0.3, 0.4) is 0 Å². The first kappa shape index (κ1) is 18.8. The number of hydrogen-bond acceptors (Lipinski definition) is 4. The molecule has 1 aliphatic rings. The molecule has 7 heteroatoms. The molecule has 1 unspecified atom stereocenters. The lowest BCUT2D eigenvalue weighted by molar-refractivity contribution is -0.118. The predicted octanol–water partition coefficient (Wildman–Crippen LogP) is 4.57. The van der Waals surface area contributed by atoms with E-state index in [4.69, 9.17) is 37.4 Å². The third kappa shape index (κ3) is 5.27. The summed E-state index contributed by atoms with van der Waals surface area (Å²) in [6.45, 7) is 1.06. The van der Waals surface area contributed by atoms with Gasteiger partial charge < -0.3 is 19.5 Å². The van der Waals surface area contributed by atoms with Crippen LogP contribution in [0.15, 0.2) is 42.5 Å². The van der Waals surface area contributed by atoms with Crippen LogP contribution in [-0.2, 0) is 9.53 Å².